The lowest BCUT2D eigenvalue weighted by atomic mass is 10.2. The fourth-order valence-corrected chi connectivity index (χ4v) is 2.13. The molecule has 1 aliphatic rings. The van der Waals surface area contributed by atoms with Crippen LogP contribution in [-0.2, 0) is 0 Å². The third-order valence-electron chi connectivity index (χ3n) is 3.18. The van der Waals surface area contributed by atoms with Gasteiger partial charge in [0, 0.05) is 23.7 Å². The molecule has 0 amide bonds. The van der Waals surface area contributed by atoms with Crippen molar-refractivity contribution in [2.24, 2.45) is 0 Å². The first-order valence-electron chi connectivity index (χ1n) is 6.30. The highest BCUT2D eigenvalue weighted by Gasteiger charge is 2.27. The van der Waals surface area contributed by atoms with Crippen molar-refractivity contribution in [1.82, 2.24) is 9.97 Å². The van der Waals surface area contributed by atoms with Crippen molar-refractivity contribution in [2.75, 3.05) is 5.32 Å². The van der Waals surface area contributed by atoms with Crippen molar-refractivity contribution in [3.8, 4) is 0 Å². The third-order valence-corrected chi connectivity index (χ3v) is 3.38. The molecule has 0 aliphatic heterocycles. The van der Waals surface area contributed by atoms with Crippen LogP contribution in [0, 0.1) is 18.6 Å². The Hall–Kier alpha value is -1.75. The van der Waals surface area contributed by atoms with Gasteiger partial charge in [0.2, 0.25) is 0 Å². The lowest BCUT2D eigenvalue weighted by molar-refractivity contribution is 0.508. The molecule has 0 atom stereocenters. The standard InChI is InChI=1S/C14H12ClF2N3/c1-7-4-9(16)10(17)5-11(7)18-13-6-12(15)19-14(20-13)8-2-3-8/h4-6,8H,2-3H2,1H3,(H,18,19,20). The van der Waals surface area contributed by atoms with Crippen LogP contribution in [0.5, 0.6) is 0 Å². The summed E-state index contributed by atoms with van der Waals surface area (Å²) in [4.78, 5) is 8.53. The number of hydrogen-bond donors (Lipinski definition) is 1. The number of anilines is 2. The van der Waals surface area contributed by atoms with Crippen LogP contribution in [0.3, 0.4) is 0 Å². The Morgan fingerprint density at radius 2 is 1.85 bits per heavy atom. The molecule has 1 aromatic carbocycles. The zero-order chi connectivity index (χ0) is 14.3. The van der Waals surface area contributed by atoms with E-state index in [-0.39, 0.29) is 0 Å². The van der Waals surface area contributed by atoms with Crippen molar-refractivity contribution in [2.45, 2.75) is 25.7 Å². The summed E-state index contributed by atoms with van der Waals surface area (Å²) in [6.45, 7) is 1.69. The van der Waals surface area contributed by atoms with E-state index in [1.165, 1.54) is 0 Å². The van der Waals surface area contributed by atoms with E-state index in [9.17, 15) is 8.78 Å². The van der Waals surface area contributed by atoms with Crippen molar-refractivity contribution >= 4 is 23.1 Å². The molecule has 1 aromatic heterocycles. The molecule has 1 N–H and O–H groups in total. The molecule has 1 fully saturated rings. The fourth-order valence-electron chi connectivity index (χ4n) is 1.94. The minimum Gasteiger partial charge on any atom is -0.340 e. The van der Waals surface area contributed by atoms with Gasteiger partial charge in [0.05, 0.1) is 0 Å². The van der Waals surface area contributed by atoms with Gasteiger partial charge in [0.25, 0.3) is 0 Å². The van der Waals surface area contributed by atoms with E-state index in [1.54, 1.807) is 13.0 Å². The Kier molecular flexibility index (Phi) is 3.30. The van der Waals surface area contributed by atoms with Crippen LogP contribution in [0.2, 0.25) is 5.15 Å². The molecule has 104 valence electrons. The van der Waals surface area contributed by atoms with Gasteiger partial charge in [0.15, 0.2) is 11.6 Å². The Morgan fingerprint density at radius 3 is 2.55 bits per heavy atom. The molecule has 1 aliphatic carbocycles. The van der Waals surface area contributed by atoms with Gasteiger partial charge in [-0.25, -0.2) is 18.7 Å². The van der Waals surface area contributed by atoms with Crippen molar-refractivity contribution < 1.29 is 8.78 Å². The predicted molar refractivity (Wildman–Crippen MR) is 73.4 cm³/mol. The number of rotatable bonds is 3. The SMILES string of the molecule is Cc1cc(F)c(F)cc1Nc1cc(Cl)nc(C2CC2)n1. The summed E-state index contributed by atoms with van der Waals surface area (Å²) in [6.07, 6.45) is 2.12. The second kappa shape index (κ2) is 4.98. The maximum Gasteiger partial charge on any atom is 0.160 e. The Balaban J connectivity index is 1.92. The first-order valence-corrected chi connectivity index (χ1v) is 6.68. The Labute approximate surface area is 120 Å². The summed E-state index contributed by atoms with van der Waals surface area (Å²) >= 11 is 5.96. The highest BCUT2D eigenvalue weighted by Crippen LogP contribution is 2.39. The molecule has 1 heterocycles. The average molecular weight is 296 g/mol. The van der Waals surface area contributed by atoms with Gasteiger partial charge in [-0.15, -0.1) is 0 Å². The number of aryl methyl sites for hydroxylation is 1. The molecule has 0 radical (unpaired) electrons. The van der Waals surface area contributed by atoms with Crippen LogP contribution in [0.1, 0.15) is 30.1 Å². The molecule has 0 unspecified atom stereocenters. The summed E-state index contributed by atoms with van der Waals surface area (Å²) in [5.74, 6) is -0.227. The minimum atomic E-state index is -0.902. The van der Waals surface area contributed by atoms with E-state index in [0.717, 1.165) is 25.0 Å². The van der Waals surface area contributed by atoms with Crippen LogP contribution in [0.4, 0.5) is 20.3 Å². The van der Waals surface area contributed by atoms with E-state index in [1.807, 2.05) is 0 Å². The predicted octanol–water partition coefficient (Wildman–Crippen LogP) is 4.34. The summed E-state index contributed by atoms with van der Waals surface area (Å²) in [7, 11) is 0. The Morgan fingerprint density at radius 1 is 1.15 bits per heavy atom. The van der Waals surface area contributed by atoms with Gasteiger partial charge in [-0.3, -0.25) is 0 Å². The summed E-state index contributed by atoms with van der Waals surface area (Å²) in [5, 5.41) is 3.30. The van der Waals surface area contributed by atoms with Gasteiger partial charge >= 0.3 is 0 Å². The van der Waals surface area contributed by atoms with Gasteiger partial charge < -0.3 is 5.32 Å². The molecule has 3 rings (SSSR count). The first kappa shape index (κ1) is 13.2. The van der Waals surface area contributed by atoms with Gasteiger partial charge in [-0.05, 0) is 31.4 Å². The highest BCUT2D eigenvalue weighted by molar-refractivity contribution is 6.29. The van der Waals surface area contributed by atoms with Gasteiger partial charge in [0.1, 0.15) is 16.8 Å². The number of nitrogens with one attached hydrogen (secondary N) is 1. The maximum atomic E-state index is 13.3. The van der Waals surface area contributed by atoms with Crippen molar-refractivity contribution in [3.63, 3.8) is 0 Å². The minimum absolute atomic E-state index is 0.338. The smallest absolute Gasteiger partial charge is 0.160 e. The number of halogens is 3. The highest BCUT2D eigenvalue weighted by atomic mass is 35.5. The summed E-state index contributed by atoms with van der Waals surface area (Å²) in [5.41, 5.74) is 1.05. The van der Waals surface area contributed by atoms with Crippen LogP contribution < -0.4 is 5.32 Å². The van der Waals surface area contributed by atoms with Crippen LogP contribution in [0.25, 0.3) is 0 Å². The molecule has 1 saturated carbocycles. The second-order valence-electron chi connectivity index (χ2n) is 4.91. The average Bonchev–Trinajstić information content (AvgIpc) is 3.19. The fraction of sp³-hybridized carbons (Fsp3) is 0.286. The molecule has 2 aromatic rings. The van der Waals surface area contributed by atoms with E-state index >= 15 is 0 Å². The number of nitrogens with zero attached hydrogens (tertiary/aromatic N) is 2. The monoisotopic (exact) mass is 295 g/mol. The number of hydrogen-bond acceptors (Lipinski definition) is 3. The molecular formula is C14H12ClF2N3. The van der Waals surface area contributed by atoms with Crippen LogP contribution in [-0.4, -0.2) is 9.97 Å². The molecule has 0 saturated heterocycles. The van der Waals surface area contributed by atoms with Gasteiger partial charge in [-0.1, -0.05) is 11.6 Å². The van der Waals surface area contributed by atoms with E-state index in [4.69, 9.17) is 11.6 Å². The van der Waals surface area contributed by atoms with E-state index in [2.05, 4.69) is 15.3 Å². The second-order valence-corrected chi connectivity index (χ2v) is 5.30. The molecule has 3 nitrogen and oxygen atoms in total. The lowest BCUT2D eigenvalue weighted by Gasteiger charge is -2.10. The van der Waals surface area contributed by atoms with E-state index in [0.29, 0.717) is 34.0 Å². The molecule has 0 bridgehead atoms. The molecule has 0 spiro atoms. The Bertz CT molecular complexity index is 672. The molecule has 20 heavy (non-hydrogen) atoms. The van der Waals surface area contributed by atoms with Crippen LogP contribution in [0.15, 0.2) is 18.2 Å². The third kappa shape index (κ3) is 2.72. The lowest BCUT2D eigenvalue weighted by Crippen LogP contribution is -2.01. The van der Waals surface area contributed by atoms with Crippen molar-refractivity contribution in [3.05, 3.63) is 46.4 Å². The van der Waals surface area contributed by atoms with Crippen LogP contribution >= 0.6 is 11.6 Å². The first-order chi connectivity index (χ1) is 9.52. The van der Waals surface area contributed by atoms with Gasteiger partial charge in [-0.2, -0.15) is 0 Å². The number of aromatic nitrogens is 2. The summed E-state index contributed by atoms with van der Waals surface area (Å²) < 4.78 is 26.4. The molecular weight excluding hydrogens is 284 g/mol. The quantitative estimate of drug-likeness (QED) is 0.856. The van der Waals surface area contributed by atoms with Crippen molar-refractivity contribution in [1.29, 1.82) is 0 Å². The topological polar surface area (TPSA) is 37.8 Å². The molecule has 6 heteroatoms. The number of benzene rings is 1. The summed E-state index contributed by atoms with van der Waals surface area (Å²) in [6, 6.07) is 3.81. The maximum absolute atomic E-state index is 13.3. The normalized spacial score (nSPS) is 14.4. The zero-order valence-corrected chi connectivity index (χ0v) is 11.5. The zero-order valence-electron chi connectivity index (χ0n) is 10.8. The van der Waals surface area contributed by atoms with E-state index < -0.39 is 11.6 Å². The largest absolute Gasteiger partial charge is 0.340 e.